The van der Waals surface area contributed by atoms with Gasteiger partial charge in [0.25, 0.3) is 0 Å². The van der Waals surface area contributed by atoms with Crippen molar-refractivity contribution in [1.82, 2.24) is 19.4 Å². The average Bonchev–Trinajstić information content (AvgIpc) is 3.75. The maximum Gasteiger partial charge on any atom is 0.164 e. The van der Waals surface area contributed by atoms with E-state index in [4.69, 9.17) is 15.0 Å². The quantitative estimate of drug-likeness (QED) is 0.194. The van der Waals surface area contributed by atoms with Gasteiger partial charge in [-0.05, 0) is 63.4 Å². The predicted octanol–water partition coefficient (Wildman–Crippen LogP) is 11.4. The molecule has 0 radical (unpaired) electrons. The Labute approximate surface area is 287 Å². The third-order valence-corrected chi connectivity index (χ3v) is 10.4. The van der Waals surface area contributed by atoms with Gasteiger partial charge in [-0.3, -0.25) is 0 Å². The first-order valence-electron chi connectivity index (χ1n) is 17.1. The minimum atomic E-state index is 0.653. The minimum absolute atomic E-state index is 0.653. The van der Waals surface area contributed by atoms with Gasteiger partial charge in [-0.1, -0.05) is 133 Å². The molecule has 0 N–H and O–H groups in total. The van der Waals surface area contributed by atoms with E-state index in [9.17, 15) is 0 Å². The van der Waals surface area contributed by atoms with Gasteiger partial charge in [0, 0.05) is 38.2 Å². The molecule has 4 nitrogen and oxygen atoms in total. The normalized spacial score (nSPS) is 12.3. The molecule has 7 aromatic carbocycles. The Balaban J connectivity index is 1.28. The third-order valence-electron chi connectivity index (χ3n) is 10.4. The maximum absolute atomic E-state index is 5.06. The van der Waals surface area contributed by atoms with Crippen LogP contribution in [0.4, 0.5) is 0 Å². The number of nitrogens with zero attached hydrogens (tertiary/aromatic N) is 4. The highest BCUT2D eigenvalue weighted by Crippen LogP contribution is 2.43. The standard InChI is InChI=1S/C46H28N4/c1-3-12-28(13-4-1)44-47-45(29-14-5-2-6-15-29)49-46(48-44)32-24-25-40-38(27-32)37-22-11-21-36-35-20-10-17-31-26-30-16-9-19-34(41(30)42(31)35)33-18-7-8-23-39(33)50(40)43(36)37/h1-25,27H,26H2. The molecule has 0 unspecified atom stereocenters. The van der Waals surface area contributed by atoms with Crippen molar-refractivity contribution in [3.63, 3.8) is 0 Å². The van der Waals surface area contributed by atoms with E-state index in [1.54, 1.807) is 0 Å². The van der Waals surface area contributed by atoms with Crippen LogP contribution in [0.3, 0.4) is 0 Å². The van der Waals surface area contributed by atoms with E-state index in [1.165, 1.54) is 65.3 Å². The van der Waals surface area contributed by atoms with E-state index in [0.717, 1.165) is 28.6 Å². The van der Waals surface area contributed by atoms with Crippen molar-refractivity contribution < 1.29 is 0 Å². The lowest BCUT2D eigenvalue weighted by molar-refractivity contribution is 1.07. The van der Waals surface area contributed by atoms with Crippen LogP contribution in [0, 0.1) is 0 Å². The first kappa shape index (κ1) is 27.3. The summed E-state index contributed by atoms with van der Waals surface area (Å²) >= 11 is 0. The lowest BCUT2D eigenvalue weighted by atomic mass is 10.0. The third kappa shape index (κ3) is 3.90. The van der Waals surface area contributed by atoms with Crippen LogP contribution in [0.5, 0.6) is 0 Å². The SMILES string of the molecule is c1ccc(-c2nc(-c3ccccc3)nc(-c3ccc4c(c3)c3cccc5c6cccc7c6c6c(cccc6c6ccccc6n4c53)C7)n2)cc1. The van der Waals surface area contributed by atoms with Crippen molar-refractivity contribution in [3.8, 4) is 34.2 Å². The van der Waals surface area contributed by atoms with Crippen LogP contribution < -0.4 is 0 Å². The molecule has 0 fully saturated rings. The highest BCUT2D eigenvalue weighted by Gasteiger charge is 2.21. The summed E-state index contributed by atoms with van der Waals surface area (Å²) in [6.07, 6.45) is 0.957. The molecule has 11 rings (SSSR count). The summed E-state index contributed by atoms with van der Waals surface area (Å²) in [5.74, 6) is 1.97. The Morgan fingerprint density at radius 2 is 0.840 bits per heavy atom. The van der Waals surface area contributed by atoms with Gasteiger partial charge in [-0.15, -0.1) is 0 Å². The Bertz CT molecular complexity index is 2990. The van der Waals surface area contributed by atoms with E-state index < -0.39 is 0 Å². The number of para-hydroxylation sites is 2. The zero-order valence-corrected chi connectivity index (χ0v) is 27.0. The fourth-order valence-electron chi connectivity index (χ4n) is 8.25. The number of benzene rings is 7. The molecule has 0 aliphatic heterocycles. The van der Waals surface area contributed by atoms with Crippen LogP contribution in [0.1, 0.15) is 11.1 Å². The minimum Gasteiger partial charge on any atom is -0.308 e. The van der Waals surface area contributed by atoms with Gasteiger partial charge in [-0.2, -0.15) is 0 Å². The molecule has 0 spiro atoms. The van der Waals surface area contributed by atoms with Crippen LogP contribution in [0.2, 0.25) is 0 Å². The Morgan fingerprint density at radius 1 is 0.360 bits per heavy atom. The molecular weight excluding hydrogens is 609 g/mol. The summed E-state index contributed by atoms with van der Waals surface area (Å²) in [7, 11) is 0. The van der Waals surface area contributed by atoms with Crippen molar-refractivity contribution in [1.29, 1.82) is 0 Å². The van der Waals surface area contributed by atoms with Crippen molar-refractivity contribution in [2.45, 2.75) is 6.42 Å². The summed E-state index contributed by atoms with van der Waals surface area (Å²) < 4.78 is 2.48. The van der Waals surface area contributed by atoms with E-state index in [2.05, 4.69) is 126 Å². The number of fused-ring (bicyclic) bond motifs is 7. The maximum atomic E-state index is 5.06. The first-order chi connectivity index (χ1) is 24.8. The van der Waals surface area contributed by atoms with Crippen molar-refractivity contribution in [2.75, 3.05) is 0 Å². The fraction of sp³-hybridized carbons (Fsp3) is 0.0217. The van der Waals surface area contributed by atoms with Crippen molar-refractivity contribution in [3.05, 3.63) is 169 Å². The van der Waals surface area contributed by atoms with Crippen LogP contribution in [0.15, 0.2) is 158 Å². The average molecular weight is 637 g/mol. The van der Waals surface area contributed by atoms with E-state index in [1.807, 2.05) is 36.4 Å². The van der Waals surface area contributed by atoms with Crippen molar-refractivity contribution in [2.24, 2.45) is 0 Å². The van der Waals surface area contributed by atoms with Crippen LogP contribution in [0.25, 0.3) is 93.8 Å². The van der Waals surface area contributed by atoms with Gasteiger partial charge < -0.3 is 4.40 Å². The summed E-state index contributed by atoms with van der Waals surface area (Å²) in [5.41, 5.74) is 9.21. The molecule has 4 heteroatoms. The summed E-state index contributed by atoms with van der Waals surface area (Å²) in [4.78, 5) is 15.1. The van der Waals surface area contributed by atoms with Gasteiger partial charge in [0.2, 0.25) is 0 Å². The van der Waals surface area contributed by atoms with Crippen molar-refractivity contribution >= 4 is 59.6 Å². The molecule has 0 atom stereocenters. The smallest absolute Gasteiger partial charge is 0.164 e. The Hall–Kier alpha value is -6.65. The van der Waals surface area contributed by atoms with E-state index in [-0.39, 0.29) is 0 Å². The highest BCUT2D eigenvalue weighted by atomic mass is 15.0. The van der Waals surface area contributed by atoms with Crippen LogP contribution in [-0.4, -0.2) is 19.4 Å². The van der Waals surface area contributed by atoms with Gasteiger partial charge in [0.15, 0.2) is 17.5 Å². The molecule has 0 amide bonds. The number of hydrogen-bond donors (Lipinski definition) is 0. The monoisotopic (exact) mass is 636 g/mol. The molecule has 10 aromatic rings. The van der Waals surface area contributed by atoms with Crippen LogP contribution in [-0.2, 0) is 6.42 Å². The summed E-state index contributed by atoms with van der Waals surface area (Å²) in [5, 5.41) is 10.2. The summed E-state index contributed by atoms with van der Waals surface area (Å²) in [6, 6.07) is 56.3. The topological polar surface area (TPSA) is 43.1 Å². The zero-order valence-electron chi connectivity index (χ0n) is 27.0. The Morgan fingerprint density at radius 3 is 1.50 bits per heavy atom. The predicted molar refractivity (Wildman–Crippen MR) is 206 cm³/mol. The van der Waals surface area contributed by atoms with E-state index in [0.29, 0.717) is 17.5 Å². The van der Waals surface area contributed by atoms with Gasteiger partial charge in [0.05, 0.1) is 16.6 Å². The molecule has 3 aromatic heterocycles. The molecular formula is C46H28N4. The molecule has 232 valence electrons. The fourth-order valence-corrected chi connectivity index (χ4v) is 8.25. The molecule has 1 aliphatic carbocycles. The van der Waals surface area contributed by atoms with Gasteiger partial charge in [-0.25, -0.2) is 15.0 Å². The molecule has 0 bridgehead atoms. The number of aromatic nitrogens is 4. The zero-order chi connectivity index (χ0) is 32.8. The lowest BCUT2D eigenvalue weighted by Crippen LogP contribution is -2.00. The van der Waals surface area contributed by atoms with Gasteiger partial charge >= 0.3 is 0 Å². The Kier molecular flexibility index (Phi) is 5.69. The summed E-state index contributed by atoms with van der Waals surface area (Å²) in [6.45, 7) is 0. The molecule has 50 heavy (non-hydrogen) atoms. The molecule has 1 aliphatic rings. The first-order valence-corrected chi connectivity index (χ1v) is 17.1. The lowest BCUT2D eigenvalue weighted by Gasteiger charge is -2.09. The second-order valence-electron chi connectivity index (χ2n) is 13.2. The molecule has 3 heterocycles. The van der Waals surface area contributed by atoms with E-state index >= 15 is 0 Å². The van der Waals surface area contributed by atoms with Crippen LogP contribution >= 0.6 is 0 Å². The second kappa shape index (κ2) is 10.4. The largest absolute Gasteiger partial charge is 0.308 e. The molecule has 0 saturated carbocycles. The second-order valence-corrected chi connectivity index (χ2v) is 13.2. The van der Waals surface area contributed by atoms with Gasteiger partial charge in [0.1, 0.15) is 0 Å². The highest BCUT2D eigenvalue weighted by molar-refractivity contribution is 6.27. The number of rotatable bonds is 3. The molecule has 0 saturated heterocycles. The number of hydrogen-bond acceptors (Lipinski definition) is 3.